The molecule has 2 aromatic rings. The third kappa shape index (κ3) is 4.54. The number of amides is 1. The number of aryl methyl sites for hydroxylation is 1. The van der Waals surface area contributed by atoms with Crippen LogP contribution in [0.15, 0.2) is 47.6 Å². The van der Waals surface area contributed by atoms with Crippen molar-refractivity contribution < 1.29 is 14.8 Å². The number of carbonyl (C=O) groups is 1. The minimum absolute atomic E-state index is 0.0000368. The summed E-state index contributed by atoms with van der Waals surface area (Å²) in [6, 6.07) is 11.4. The third-order valence-electron chi connectivity index (χ3n) is 3.09. The smallest absolute Gasteiger partial charge is 0.262 e. The minimum Gasteiger partial charge on any atom is -0.867 e. The number of hydrazone groups is 1. The summed E-state index contributed by atoms with van der Waals surface area (Å²) in [7, 11) is 0. The van der Waals surface area contributed by atoms with Gasteiger partial charge in [-0.3, -0.25) is 14.9 Å². The first-order valence-corrected chi connectivity index (χ1v) is 7.04. The van der Waals surface area contributed by atoms with Crippen LogP contribution in [0.1, 0.15) is 11.1 Å². The summed E-state index contributed by atoms with van der Waals surface area (Å²) < 4.78 is 0. The lowest BCUT2D eigenvalue weighted by molar-refractivity contribution is -0.398. The molecule has 0 aliphatic carbocycles. The Bertz CT molecular complexity index is 789. The van der Waals surface area contributed by atoms with E-state index in [2.05, 4.69) is 15.8 Å². The van der Waals surface area contributed by atoms with Gasteiger partial charge in [0.2, 0.25) is 0 Å². The molecule has 0 heterocycles. The highest BCUT2D eigenvalue weighted by Crippen LogP contribution is 2.24. The van der Waals surface area contributed by atoms with E-state index in [9.17, 15) is 20.0 Å². The molecule has 0 radical (unpaired) electrons. The van der Waals surface area contributed by atoms with E-state index < -0.39 is 22.3 Å². The second-order valence-corrected chi connectivity index (χ2v) is 4.97. The Labute approximate surface area is 138 Å². The van der Waals surface area contributed by atoms with Crippen LogP contribution >= 0.6 is 0 Å². The predicted octanol–water partition coefficient (Wildman–Crippen LogP) is 1.54. The van der Waals surface area contributed by atoms with E-state index in [0.29, 0.717) is 0 Å². The summed E-state index contributed by atoms with van der Waals surface area (Å²) in [5, 5.41) is 29.0. The molecule has 0 bridgehead atoms. The summed E-state index contributed by atoms with van der Waals surface area (Å²) in [6.45, 7) is 1.94. The first-order valence-electron chi connectivity index (χ1n) is 7.04. The lowest BCUT2D eigenvalue weighted by Crippen LogP contribution is -2.25. The molecule has 24 heavy (non-hydrogen) atoms. The van der Waals surface area contributed by atoms with Gasteiger partial charge in [0.1, 0.15) is 0 Å². The van der Waals surface area contributed by atoms with Crippen LogP contribution < -0.4 is 15.8 Å². The summed E-state index contributed by atoms with van der Waals surface area (Å²) in [5.41, 5.74) is 3.60. The van der Waals surface area contributed by atoms with Crippen molar-refractivity contribution in [3.05, 3.63) is 63.7 Å². The molecule has 2 aromatic carbocycles. The fourth-order valence-electron chi connectivity index (χ4n) is 1.94. The van der Waals surface area contributed by atoms with E-state index in [1.807, 2.05) is 31.2 Å². The van der Waals surface area contributed by atoms with Crippen LogP contribution in [-0.2, 0) is 4.79 Å². The van der Waals surface area contributed by atoms with Gasteiger partial charge >= 0.3 is 0 Å². The minimum atomic E-state index is -0.760. The van der Waals surface area contributed by atoms with Gasteiger partial charge < -0.3 is 10.4 Å². The van der Waals surface area contributed by atoms with Crippen LogP contribution in [0.2, 0.25) is 0 Å². The zero-order valence-corrected chi connectivity index (χ0v) is 12.9. The summed E-state index contributed by atoms with van der Waals surface area (Å²) >= 11 is 0. The van der Waals surface area contributed by atoms with Crippen molar-refractivity contribution in [3.63, 3.8) is 0 Å². The third-order valence-corrected chi connectivity index (χ3v) is 3.09. The Balaban J connectivity index is 1.91. The molecule has 1 amide bonds. The quantitative estimate of drug-likeness (QED) is 0.474. The number of nitrogens with zero attached hydrogens (tertiary/aromatic N) is 2. The molecule has 0 saturated heterocycles. The van der Waals surface area contributed by atoms with Crippen molar-refractivity contribution in [2.45, 2.75) is 6.92 Å². The largest absolute Gasteiger partial charge is 0.867 e. The van der Waals surface area contributed by atoms with Gasteiger partial charge in [-0.2, -0.15) is 5.10 Å². The zero-order chi connectivity index (χ0) is 17.5. The van der Waals surface area contributed by atoms with Crippen molar-refractivity contribution in [2.24, 2.45) is 5.10 Å². The number of nitrogens with one attached hydrogen (secondary N) is 2. The normalized spacial score (nSPS) is 10.5. The van der Waals surface area contributed by atoms with Crippen molar-refractivity contribution in [3.8, 4) is 5.75 Å². The van der Waals surface area contributed by atoms with E-state index in [1.165, 1.54) is 12.1 Å². The van der Waals surface area contributed by atoms with E-state index >= 15 is 0 Å². The van der Waals surface area contributed by atoms with Crippen molar-refractivity contribution in [1.82, 2.24) is 5.43 Å². The van der Waals surface area contributed by atoms with Crippen LogP contribution in [0, 0.1) is 17.0 Å². The van der Waals surface area contributed by atoms with E-state index in [1.54, 1.807) is 0 Å². The Morgan fingerprint density at radius 3 is 2.75 bits per heavy atom. The molecule has 0 saturated carbocycles. The van der Waals surface area contributed by atoms with E-state index in [-0.39, 0.29) is 12.1 Å². The highest BCUT2D eigenvalue weighted by molar-refractivity contribution is 5.87. The predicted molar refractivity (Wildman–Crippen MR) is 87.9 cm³/mol. The average molecular weight is 327 g/mol. The molecule has 0 fully saturated rings. The molecule has 0 aromatic heterocycles. The van der Waals surface area contributed by atoms with Crippen molar-refractivity contribution >= 4 is 23.5 Å². The number of rotatable bonds is 6. The Morgan fingerprint density at radius 2 is 2.04 bits per heavy atom. The maximum atomic E-state index is 11.8. The van der Waals surface area contributed by atoms with Crippen LogP contribution in [0.25, 0.3) is 0 Å². The maximum absolute atomic E-state index is 11.8. The molecule has 0 aliphatic rings. The molecular weight excluding hydrogens is 312 g/mol. The summed E-state index contributed by atoms with van der Waals surface area (Å²) in [5.74, 6) is -1.16. The molecule has 0 spiro atoms. The highest BCUT2D eigenvalue weighted by atomic mass is 16.6. The number of benzene rings is 2. The second-order valence-electron chi connectivity index (χ2n) is 4.97. The standard InChI is InChI=1S/C16H16N4O4/c1-11-4-2-6-13(8-11)17-10-15(21)19-18-9-12-5-3-7-14(16(12)22)20(23)24/h2-9,17,22H,10H2,1H3,(H,19,21)/p-1/b18-9-. The first-order chi connectivity index (χ1) is 11.5. The second kappa shape index (κ2) is 7.73. The molecule has 0 unspecified atom stereocenters. The molecule has 2 rings (SSSR count). The number of nitro groups is 1. The van der Waals surface area contributed by atoms with Gasteiger partial charge in [-0.1, -0.05) is 24.3 Å². The van der Waals surface area contributed by atoms with Crippen LogP contribution in [0.4, 0.5) is 11.4 Å². The average Bonchev–Trinajstić information content (AvgIpc) is 2.54. The van der Waals surface area contributed by atoms with E-state index in [4.69, 9.17) is 0 Å². The zero-order valence-electron chi connectivity index (χ0n) is 12.9. The SMILES string of the molecule is Cc1cccc(NCC(=O)N/N=C\c2cccc([N+](=O)[O-])c2[O-])c1. The van der Waals surface area contributed by atoms with Crippen LogP contribution in [0.5, 0.6) is 5.75 Å². The van der Waals surface area contributed by atoms with E-state index in [0.717, 1.165) is 23.5 Å². The fraction of sp³-hybridized carbons (Fsp3) is 0.125. The first kappa shape index (κ1) is 16.9. The van der Waals surface area contributed by atoms with Gasteiger partial charge in [-0.25, -0.2) is 5.43 Å². The summed E-state index contributed by atoms with van der Waals surface area (Å²) in [6.07, 6.45) is 1.08. The maximum Gasteiger partial charge on any atom is 0.262 e. The number of hydrogen-bond acceptors (Lipinski definition) is 6. The fourth-order valence-corrected chi connectivity index (χ4v) is 1.94. The molecular formula is C16H15N4O4-. The van der Waals surface area contributed by atoms with Crippen LogP contribution in [0.3, 0.4) is 0 Å². The van der Waals surface area contributed by atoms with Crippen molar-refractivity contribution in [1.29, 1.82) is 0 Å². The molecule has 0 atom stereocenters. The molecule has 8 heteroatoms. The number of hydrogen-bond donors (Lipinski definition) is 2. The number of nitro benzene ring substituents is 1. The lowest BCUT2D eigenvalue weighted by Gasteiger charge is -2.09. The molecule has 2 N–H and O–H groups in total. The lowest BCUT2D eigenvalue weighted by atomic mass is 10.2. The van der Waals surface area contributed by atoms with Crippen LogP contribution in [-0.4, -0.2) is 23.6 Å². The van der Waals surface area contributed by atoms with Crippen molar-refractivity contribution in [2.75, 3.05) is 11.9 Å². The molecule has 0 aliphatic heterocycles. The van der Waals surface area contributed by atoms with Gasteiger partial charge in [-0.15, -0.1) is 0 Å². The Kier molecular flexibility index (Phi) is 5.45. The van der Waals surface area contributed by atoms with Gasteiger partial charge in [0.15, 0.2) is 0 Å². The molecule has 8 nitrogen and oxygen atoms in total. The van der Waals surface area contributed by atoms with Gasteiger partial charge in [0.25, 0.3) is 11.6 Å². The Morgan fingerprint density at radius 1 is 1.29 bits per heavy atom. The highest BCUT2D eigenvalue weighted by Gasteiger charge is 2.08. The number of carbonyl (C=O) groups excluding carboxylic acids is 1. The molecule has 124 valence electrons. The number of para-hydroxylation sites is 1. The number of anilines is 1. The van der Waals surface area contributed by atoms with Gasteiger partial charge in [0.05, 0.1) is 17.7 Å². The topological polar surface area (TPSA) is 120 Å². The van der Waals surface area contributed by atoms with Gasteiger partial charge in [-0.05, 0) is 35.9 Å². The van der Waals surface area contributed by atoms with Gasteiger partial charge in [0, 0.05) is 11.8 Å². The Hall–Kier alpha value is -3.42. The monoisotopic (exact) mass is 327 g/mol. The summed E-state index contributed by atoms with van der Waals surface area (Å²) in [4.78, 5) is 21.6.